The lowest BCUT2D eigenvalue weighted by Crippen LogP contribution is -2.13. The molecular formula is C23H18F4N4O3S. The van der Waals surface area contributed by atoms with Gasteiger partial charge in [-0.25, -0.2) is 4.39 Å². The van der Waals surface area contributed by atoms with E-state index in [1.54, 1.807) is 0 Å². The second-order valence-electron chi connectivity index (χ2n) is 7.02. The third kappa shape index (κ3) is 6.77. The smallest absolute Gasteiger partial charge is 0.416 e. The minimum Gasteiger partial charge on any atom is -0.493 e. The quantitative estimate of drug-likeness (QED) is 0.250. The van der Waals surface area contributed by atoms with Crippen molar-refractivity contribution in [3.05, 3.63) is 69.5 Å². The summed E-state index contributed by atoms with van der Waals surface area (Å²) < 4.78 is 63.1. The highest BCUT2D eigenvalue weighted by atomic mass is 32.1. The van der Waals surface area contributed by atoms with E-state index in [9.17, 15) is 27.6 Å². The molecule has 0 atom stereocenters. The first-order valence-corrected chi connectivity index (χ1v) is 10.9. The Morgan fingerprint density at radius 2 is 1.97 bits per heavy atom. The molecule has 0 radical (unpaired) electrons. The number of anilines is 1. The molecule has 0 fully saturated rings. The summed E-state index contributed by atoms with van der Waals surface area (Å²) in [7, 11) is 1.35. The Hall–Kier alpha value is -3.98. The summed E-state index contributed by atoms with van der Waals surface area (Å²) >= 11 is 1.20. The van der Waals surface area contributed by atoms with E-state index in [1.807, 2.05) is 13.0 Å². The van der Waals surface area contributed by atoms with Crippen molar-refractivity contribution in [3.8, 4) is 17.6 Å². The number of ether oxygens (including phenoxy) is 2. The third-order valence-electron chi connectivity index (χ3n) is 4.53. The molecule has 0 saturated heterocycles. The molecule has 182 valence electrons. The number of amides is 1. The van der Waals surface area contributed by atoms with Crippen molar-refractivity contribution in [2.24, 2.45) is 0 Å². The fraction of sp³-hybridized carbons (Fsp3) is 0.217. The van der Waals surface area contributed by atoms with Crippen LogP contribution in [-0.4, -0.2) is 23.2 Å². The van der Waals surface area contributed by atoms with Gasteiger partial charge in [-0.15, -0.1) is 10.2 Å². The molecule has 1 aromatic heterocycles. The van der Waals surface area contributed by atoms with Crippen LogP contribution in [0, 0.1) is 17.1 Å². The summed E-state index contributed by atoms with van der Waals surface area (Å²) in [6, 6.07) is 8.42. The molecule has 0 aliphatic carbocycles. The molecule has 12 heteroatoms. The maximum absolute atomic E-state index is 13.6. The molecule has 3 aromatic rings. The number of nitrogens with zero attached hydrogens (tertiary/aromatic N) is 3. The summed E-state index contributed by atoms with van der Waals surface area (Å²) in [5, 5.41) is 20.6. The molecule has 35 heavy (non-hydrogen) atoms. The van der Waals surface area contributed by atoms with Gasteiger partial charge in [-0.3, -0.25) is 10.1 Å². The number of nitriles is 1. The zero-order valence-electron chi connectivity index (χ0n) is 18.4. The lowest BCUT2D eigenvalue weighted by Gasteiger charge is -2.13. The average molecular weight is 506 g/mol. The van der Waals surface area contributed by atoms with Gasteiger partial charge in [-0.05, 0) is 54.0 Å². The SMILES string of the molecule is CCc1nnc(NC(=O)C(C#N)=Cc2ccc(OCc3cc(F)cc(C(F)(F)F)c3)c(OC)c2)s1. The molecule has 0 aliphatic heterocycles. The first kappa shape index (κ1) is 25.6. The van der Waals surface area contributed by atoms with Crippen LogP contribution < -0.4 is 14.8 Å². The Morgan fingerprint density at radius 1 is 1.20 bits per heavy atom. The van der Waals surface area contributed by atoms with Gasteiger partial charge in [-0.1, -0.05) is 24.3 Å². The number of benzene rings is 2. The molecule has 1 heterocycles. The fourth-order valence-electron chi connectivity index (χ4n) is 2.88. The molecule has 0 unspecified atom stereocenters. The number of hydrogen-bond acceptors (Lipinski definition) is 7. The molecule has 1 N–H and O–H groups in total. The van der Waals surface area contributed by atoms with Crippen LogP contribution in [0.2, 0.25) is 0 Å². The second-order valence-corrected chi connectivity index (χ2v) is 8.09. The van der Waals surface area contributed by atoms with E-state index in [0.717, 1.165) is 17.1 Å². The van der Waals surface area contributed by atoms with Gasteiger partial charge in [0.2, 0.25) is 5.13 Å². The topological polar surface area (TPSA) is 97.1 Å². The zero-order valence-corrected chi connectivity index (χ0v) is 19.3. The number of aromatic nitrogens is 2. The number of hydrogen-bond donors (Lipinski definition) is 1. The average Bonchev–Trinajstić information content (AvgIpc) is 3.28. The van der Waals surface area contributed by atoms with Gasteiger partial charge in [0.25, 0.3) is 5.91 Å². The highest BCUT2D eigenvalue weighted by molar-refractivity contribution is 7.15. The Labute approximate surface area is 201 Å². The van der Waals surface area contributed by atoms with Crippen LogP contribution in [0.15, 0.2) is 42.0 Å². The molecule has 0 bridgehead atoms. The van der Waals surface area contributed by atoms with Crippen molar-refractivity contribution in [2.75, 3.05) is 12.4 Å². The van der Waals surface area contributed by atoms with Crippen molar-refractivity contribution in [1.29, 1.82) is 5.26 Å². The van der Waals surface area contributed by atoms with Crippen molar-refractivity contribution in [1.82, 2.24) is 10.2 Å². The van der Waals surface area contributed by atoms with Gasteiger partial charge in [0.1, 0.15) is 29.1 Å². The van der Waals surface area contributed by atoms with Gasteiger partial charge in [0.05, 0.1) is 12.7 Å². The predicted molar refractivity (Wildman–Crippen MR) is 120 cm³/mol. The van der Waals surface area contributed by atoms with Crippen molar-refractivity contribution in [2.45, 2.75) is 26.1 Å². The largest absolute Gasteiger partial charge is 0.493 e. The Bertz CT molecular complexity index is 1300. The summed E-state index contributed by atoms with van der Waals surface area (Å²) in [4.78, 5) is 12.4. The highest BCUT2D eigenvalue weighted by Crippen LogP contribution is 2.32. The summed E-state index contributed by atoms with van der Waals surface area (Å²) in [6.07, 6.45) is -2.71. The summed E-state index contributed by atoms with van der Waals surface area (Å²) in [5.41, 5.74) is -0.911. The number of halogens is 4. The molecule has 2 aromatic carbocycles. The van der Waals surface area contributed by atoms with E-state index in [0.29, 0.717) is 18.1 Å². The van der Waals surface area contributed by atoms with Gasteiger partial charge >= 0.3 is 6.18 Å². The minimum atomic E-state index is -4.69. The standard InChI is InChI=1S/C23H18F4N4O3S/c1-3-20-30-31-22(35-20)29-21(32)15(11-28)6-13-4-5-18(19(9-13)33-2)34-12-14-7-16(23(25,26)27)10-17(24)8-14/h4-10H,3,12H2,1-2H3,(H,29,31,32). The van der Waals surface area contributed by atoms with Crippen LogP contribution in [0.4, 0.5) is 22.7 Å². The molecule has 3 rings (SSSR count). The maximum Gasteiger partial charge on any atom is 0.416 e. The fourth-order valence-corrected chi connectivity index (χ4v) is 3.55. The number of carbonyl (C=O) groups is 1. The second kappa shape index (κ2) is 11.0. The van der Waals surface area contributed by atoms with Crippen molar-refractivity contribution in [3.63, 3.8) is 0 Å². The molecule has 7 nitrogen and oxygen atoms in total. The van der Waals surface area contributed by atoms with E-state index >= 15 is 0 Å². The van der Waals surface area contributed by atoms with Gasteiger partial charge in [-0.2, -0.15) is 18.4 Å². The van der Waals surface area contributed by atoms with Crippen LogP contribution >= 0.6 is 11.3 Å². The van der Waals surface area contributed by atoms with Gasteiger partial charge < -0.3 is 9.47 Å². The van der Waals surface area contributed by atoms with Crippen LogP contribution in [0.5, 0.6) is 11.5 Å². The monoisotopic (exact) mass is 506 g/mol. The molecule has 1 amide bonds. The van der Waals surface area contributed by atoms with E-state index < -0.39 is 23.5 Å². The van der Waals surface area contributed by atoms with E-state index in [-0.39, 0.29) is 34.4 Å². The lowest BCUT2D eigenvalue weighted by molar-refractivity contribution is -0.137. The van der Waals surface area contributed by atoms with Crippen LogP contribution in [0.1, 0.15) is 28.6 Å². The molecule has 0 aliphatic rings. The Balaban J connectivity index is 1.76. The molecule has 0 saturated carbocycles. The Morgan fingerprint density at radius 3 is 2.60 bits per heavy atom. The van der Waals surface area contributed by atoms with E-state index in [1.165, 1.54) is 42.7 Å². The summed E-state index contributed by atoms with van der Waals surface area (Å²) in [6.45, 7) is 1.55. The van der Waals surface area contributed by atoms with Crippen LogP contribution in [0.3, 0.4) is 0 Å². The minimum absolute atomic E-state index is 0.0188. The normalized spacial score (nSPS) is 11.6. The third-order valence-corrected chi connectivity index (χ3v) is 5.52. The number of rotatable bonds is 8. The Kier molecular flexibility index (Phi) is 8.03. The maximum atomic E-state index is 13.6. The van der Waals surface area contributed by atoms with Crippen molar-refractivity contribution >= 4 is 28.5 Å². The number of aryl methyl sites for hydroxylation is 1. The van der Waals surface area contributed by atoms with Gasteiger partial charge in [0, 0.05) is 0 Å². The number of methoxy groups -OCH3 is 1. The number of carbonyl (C=O) groups excluding carboxylic acids is 1. The summed E-state index contributed by atoms with van der Waals surface area (Å²) in [5.74, 6) is -1.34. The molecule has 0 spiro atoms. The van der Waals surface area contributed by atoms with Crippen molar-refractivity contribution < 1.29 is 31.8 Å². The van der Waals surface area contributed by atoms with Crippen LogP contribution in [0.25, 0.3) is 6.08 Å². The van der Waals surface area contributed by atoms with Crippen LogP contribution in [-0.2, 0) is 24.0 Å². The number of nitrogens with one attached hydrogen (secondary N) is 1. The predicted octanol–water partition coefficient (Wildman–Crippen LogP) is 5.39. The van der Waals surface area contributed by atoms with E-state index in [2.05, 4.69) is 15.5 Å². The zero-order chi connectivity index (χ0) is 25.6. The first-order valence-electron chi connectivity index (χ1n) is 10.1. The highest BCUT2D eigenvalue weighted by Gasteiger charge is 2.31. The first-order chi connectivity index (χ1) is 16.6. The number of alkyl halides is 3. The van der Waals surface area contributed by atoms with Gasteiger partial charge in [0.15, 0.2) is 11.5 Å². The van der Waals surface area contributed by atoms with E-state index in [4.69, 9.17) is 9.47 Å². The molecular weight excluding hydrogens is 488 g/mol. The lowest BCUT2D eigenvalue weighted by atomic mass is 10.1.